The van der Waals surface area contributed by atoms with Gasteiger partial charge in [0.15, 0.2) is 0 Å². The maximum Gasteiger partial charge on any atom is 0.315 e. The second-order valence-electron chi connectivity index (χ2n) is 4.05. The SMILES string of the molecule is CS[C@@H](C)CNC(=O)N[C@H](CO)c1ccccc1. The number of hydrogen-bond donors (Lipinski definition) is 3. The van der Waals surface area contributed by atoms with Gasteiger partial charge in [0.05, 0.1) is 12.6 Å². The maximum absolute atomic E-state index is 11.7. The number of aliphatic hydroxyl groups excluding tert-OH is 1. The summed E-state index contributed by atoms with van der Waals surface area (Å²) in [6.07, 6.45) is 2.00. The van der Waals surface area contributed by atoms with Crippen molar-refractivity contribution in [2.24, 2.45) is 0 Å². The smallest absolute Gasteiger partial charge is 0.315 e. The van der Waals surface area contributed by atoms with Crippen molar-refractivity contribution in [3.05, 3.63) is 35.9 Å². The average Bonchev–Trinajstić information content (AvgIpc) is 2.43. The fourth-order valence-corrected chi connectivity index (χ4v) is 1.70. The monoisotopic (exact) mass is 268 g/mol. The van der Waals surface area contributed by atoms with E-state index in [0.29, 0.717) is 11.8 Å². The number of benzene rings is 1. The molecule has 0 unspecified atom stereocenters. The summed E-state index contributed by atoms with van der Waals surface area (Å²) in [7, 11) is 0. The summed E-state index contributed by atoms with van der Waals surface area (Å²) in [6.45, 7) is 2.54. The molecule has 0 aliphatic rings. The number of carbonyl (C=O) groups excluding carboxylic acids is 1. The molecule has 4 nitrogen and oxygen atoms in total. The molecule has 0 saturated carbocycles. The highest BCUT2D eigenvalue weighted by molar-refractivity contribution is 7.99. The molecule has 1 rings (SSSR count). The van der Waals surface area contributed by atoms with E-state index in [1.165, 1.54) is 0 Å². The summed E-state index contributed by atoms with van der Waals surface area (Å²) in [5.74, 6) is 0. The van der Waals surface area contributed by atoms with Crippen molar-refractivity contribution in [1.29, 1.82) is 0 Å². The molecule has 2 amide bonds. The van der Waals surface area contributed by atoms with E-state index in [1.807, 2.05) is 43.5 Å². The number of hydrogen-bond acceptors (Lipinski definition) is 3. The lowest BCUT2D eigenvalue weighted by molar-refractivity contribution is 0.217. The van der Waals surface area contributed by atoms with Gasteiger partial charge in [-0.3, -0.25) is 0 Å². The van der Waals surface area contributed by atoms with Gasteiger partial charge in [-0.05, 0) is 11.8 Å². The van der Waals surface area contributed by atoms with Crippen molar-refractivity contribution in [1.82, 2.24) is 10.6 Å². The quantitative estimate of drug-likeness (QED) is 0.737. The average molecular weight is 268 g/mol. The Morgan fingerprint density at radius 3 is 2.61 bits per heavy atom. The molecule has 0 aromatic heterocycles. The predicted octanol–water partition coefficient (Wildman–Crippen LogP) is 1.77. The van der Waals surface area contributed by atoms with Gasteiger partial charge in [-0.1, -0.05) is 37.3 Å². The normalized spacial score (nSPS) is 13.7. The molecule has 3 N–H and O–H groups in total. The van der Waals surface area contributed by atoms with Gasteiger partial charge >= 0.3 is 6.03 Å². The molecule has 0 heterocycles. The summed E-state index contributed by atoms with van der Waals surface area (Å²) >= 11 is 1.70. The summed E-state index contributed by atoms with van der Waals surface area (Å²) < 4.78 is 0. The fraction of sp³-hybridized carbons (Fsp3) is 0.462. The van der Waals surface area contributed by atoms with E-state index in [4.69, 9.17) is 0 Å². The number of urea groups is 1. The summed E-state index contributed by atoms with van der Waals surface area (Å²) in [5, 5.41) is 15.2. The topological polar surface area (TPSA) is 61.4 Å². The zero-order chi connectivity index (χ0) is 13.4. The molecule has 0 aliphatic carbocycles. The molecule has 100 valence electrons. The Bertz CT molecular complexity index is 359. The van der Waals surface area contributed by atoms with Crippen LogP contribution >= 0.6 is 11.8 Å². The number of rotatable bonds is 6. The Morgan fingerprint density at radius 1 is 1.39 bits per heavy atom. The van der Waals surface area contributed by atoms with Gasteiger partial charge < -0.3 is 15.7 Å². The molecule has 2 atom stereocenters. The van der Waals surface area contributed by atoms with Crippen LogP contribution in [0.15, 0.2) is 30.3 Å². The fourth-order valence-electron chi connectivity index (χ4n) is 1.45. The second kappa shape index (κ2) is 8.00. The standard InChI is InChI=1S/C13H20N2O2S/c1-10(18-2)8-14-13(17)15-12(9-16)11-6-4-3-5-7-11/h3-7,10,12,16H,8-9H2,1-2H3,(H2,14,15,17)/t10-,12+/m0/s1. The van der Waals surface area contributed by atoms with E-state index in [1.54, 1.807) is 11.8 Å². The number of carbonyl (C=O) groups is 1. The Balaban J connectivity index is 2.46. The van der Waals surface area contributed by atoms with Gasteiger partial charge in [0.2, 0.25) is 0 Å². The van der Waals surface area contributed by atoms with Crippen LogP contribution in [0.1, 0.15) is 18.5 Å². The number of thioether (sulfide) groups is 1. The Morgan fingerprint density at radius 2 is 2.06 bits per heavy atom. The highest BCUT2D eigenvalue weighted by Crippen LogP contribution is 2.11. The first-order valence-corrected chi connectivity index (χ1v) is 7.19. The lowest BCUT2D eigenvalue weighted by atomic mass is 10.1. The molecule has 0 saturated heterocycles. The minimum absolute atomic E-state index is 0.116. The van der Waals surface area contributed by atoms with Crippen molar-refractivity contribution < 1.29 is 9.90 Å². The summed E-state index contributed by atoms with van der Waals surface area (Å²) in [6, 6.07) is 8.81. The molecule has 1 aromatic carbocycles. The third kappa shape index (κ3) is 4.98. The molecular weight excluding hydrogens is 248 g/mol. The maximum atomic E-state index is 11.7. The zero-order valence-electron chi connectivity index (χ0n) is 10.7. The predicted molar refractivity (Wildman–Crippen MR) is 75.8 cm³/mol. The largest absolute Gasteiger partial charge is 0.394 e. The van der Waals surface area contributed by atoms with Gasteiger partial charge in [-0.25, -0.2) is 4.79 Å². The first-order chi connectivity index (χ1) is 8.67. The van der Waals surface area contributed by atoms with Crippen molar-refractivity contribution in [3.8, 4) is 0 Å². The number of nitrogens with one attached hydrogen (secondary N) is 2. The van der Waals surface area contributed by atoms with Gasteiger partial charge in [0.25, 0.3) is 0 Å². The van der Waals surface area contributed by atoms with Crippen LogP contribution in [0.3, 0.4) is 0 Å². The van der Waals surface area contributed by atoms with Gasteiger partial charge in [0.1, 0.15) is 0 Å². The lowest BCUT2D eigenvalue weighted by Crippen LogP contribution is -2.41. The van der Waals surface area contributed by atoms with E-state index in [2.05, 4.69) is 10.6 Å². The van der Waals surface area contributed by atoms with E-state index < -0.39 is 0 Å². The lowest BCUT2D eigenvalue weighted by Gasteiger charge is -2.18. The van der Waals surface area contributed by atoms with Crippen LogP contribution in [0.4, 0.5) is 4.79 Å². The molecule has 5 heteroatoms. The van der Waals surface area contributed by atoms with E-state index >= 15 is 0 Å². The van der Waals surface area contributed by atoms with Crippen LogP contribution in [0, 0.1) is 0 Å². The third-order valence-corrected chi connectivity index (χ3v) is 3.61. The Hall–Kier alpha value is -1.20. The zero-order valence-corrected chi connectivity index (χ0v) is 11.5. The molecule has 0 fully saturated rings. The van der Waals surface area contributed by atoms with E-state index in [9.17, 15) is 9.90 Å². The van der Waals surface area contributed by atoms with Crippen LogP contribution in [0.2, 0.25) is 0 Å². The van der Waals surface area contributed by atoms with Gasteiger partial charge in [-0.2, -0.15) is 11.8 Å². The van der Waals surface area contributed by atoms with Crippen molar-refractivity contribution >= 4 is 17.8 Å². The highest BCUT2D eigenvalue weighted by atomic mass is 32.2. The van der Waals surface area contributed by atoms with E-state index in [0.717, 1.165) is 5.56 Å². The Kier molecular flexibility index (Phi) is 6.60. The molecule has 0 bridgehead atoms. The van der Waals surface area contributed by atoms with Gasteiger partial charge in [-0.15, -0.1) is 0 Å². The number of aliphatic hydroxyl groups is 1. The van der Waals surface area contributed by atoms with Crippen LogP contribution < -0.4 is 10.6 Å². The minimum Gasteiger partial charge on any atom is -0.394 e. The summed E-state index contributed by atoms with van der Waals surface area (Å²) in [5.41, 5.74) is 0.896. The molecule has 0 spiro atoms. The first kappa shape index (κ1) is 14.9. The summed E-state index contributed by atoms with van der Waals surface area (Å²) in [4.78, 5) is 11.7. The molecular formula is C13H20N2O2S. The van der Waals surface area contributed by atoms with E-state index in [-0.39, 0.29) is 18.7 Å². The molecule has 0 radical (unpaired) electrons. The van der Waals surface area contributed by atoms with Crippen LogP contribution in [-0.2, 0) is 0 Å². The van der Waals surface area contributed by atoms with Crippen molar-refractivity contribution in [3.63, 3.8) is 0 Å². The van der Waals surface area contributed by atoms with Crippen LogP contribution in [0.5, 0.6) is 0 Å². The van der Waals surface area contributed by atoms with Crippen LogP contribution in [0.25, 0.3) is 0 Å². The third-order valence-electron chi connectivity index (χ3n) is 2.64. The molecule has 0 aliphatic heterocycles. The van der Waals surface area contributed by atoms with Crippen molar-refractivity contribution in [2.75, 3.05) is 19.4 Å². The number of amides is 2. The Labute approximate surface area is 112 Å². The molecule has 1 aromatic rings. The highest BCUT2D eigenvalue weighted by Gasteiger charge is 2.13. The van der Waals surface area contributed by atoms with Crippen molar-refractivity contribution in [2.45, 2.75) is 18.2 Å². The minimum atomic E-state index is -0.365. The van der Waals surface area contributed by atoms with Gasteiger partial charge in [0, 0.05) is 11.8 Å². The second-order valence-corrected chi connectivity index (χ2v) is 5.32. The first-order valence-electron chi connectivity index (χ1n) is 5.90. The molecule has 18 heavy (non-hydrogen) atoms. The van der Waals surface area contributed by atoms with Crippen LogP contribution in [-0.4, -0.2) is 35.8 Å².